The number of nitrogens with one attached hydrogen (secondary N) is 4. The topological polar surface area (TPSA) is 222 Å². The lowest BCUT2D eigenvalue weighted by atomic mass is 10.0. The summed E-state index contributed by atoms with van der Waals surface area (Å²) < 4.78 is 0. The first-order valence-electron chi connectivity index (χ1n) is 11.7. The van der Waals surface area contributed by atoms with Crippen molar-refractivity contribution < 1.29 is 29.1 Å². The fourth-order valence-electron chi connectivity index (χ4n) is 3.52. The number of carbonyl (C=O) groups excluding carboxylic acids is 4. The minimum absolute atomic E-state index is 0.0235. The monoisotopic (exact) mass is 515 g/mol. The van der Waals surface area contributed by atoms with E-state index in [1.54, 1.807) is 13.8 Å². The van der Waals surface area contributed by atoms with Gasteiger partial charge in [-0.1, -0.05) is 44.2 Å². The Balaban J connectivity index is 2.18. The predicted octanol–water partition coefficient (Wildman–Crippen LogP) is -1.41. The van der Waals surface area contributed by atoms with E-state index in [2.05, 4.69) is 25.9 Å². The summed E-state index contributed by atoms with van der Waals surface area (Å²) in [5, 5.41) is 16.7. The van der Waals surface area contributed by atoms with E-state index < -0.39 is 66.1 Å². The third-order valence-electron chi connectivity index (χ3n) is 5.52. The van der Waals surface area contributed by atoms with Gasteiger partial charge in [0.05, 0.1) is 18.8 Å². The van der Waals surface area contributed by atoms with E-state index in [1.165, 1.54) is 12.5 Å². The van der Waals surface area contributed by atoms with Gasteiger partial charge in [0.1, 0.15) is 18.1 Å². The molecule has 0 bridgehead atoms. The van der Waals surface area contributed by atoms with Gasteiger partial charge < -0.3 is 37.5 Å². The van der Waals surface area contributed by atoms with E-state index in [1.807, 2.05) is 30.3 Å². The molecule has 0 aliphatic heterocycles. The number of carboxylic acids is 1. The molecule has 2 rings (SSSR count). The number of hydrogen-bond donors (Lipinski definition) is 7. The van der Waals surface area contributed by atoms with Gasteiger partial charge in [0.2, 0.25) is 23.6 Å². The van der Waals surface area contributed by atoms with Crippen LogP contribution in [0.1, 0.15) is 31.5 Å². The summed E-state index contributed by atoms with van der Waals surface area (Å²) >= 11 is 0. The molecule has 0 aliphatic carbocycles. The van der Waals surface area contributed by atoms with E-state index >= 15 is 0 Å². The highest BCUT2D eigenvalue weighted by Gasteiger charge is 2.32. The molecule has 4 amide bonds. The van der Waals surface area contributed by atoms with Gasteiger partial charge >= 0.3 is 5.97 Å². The van der Waals surface area contributed by atoms with E-state index in [0.717, 1.165) is 5.56 Å². The van der Waals surface area contributed by atoms with Crippen LogP contribution in [-0.2, 0) is 36.8 Å². The number of carboxylic acid groups (broad SMARTS) is 1. The average molecular weight is 516 g/mol. The second-order valence-electron chi connectivity index (χ2n) is 8.94. The molecule has 0 saturated heterocycles. The lowest BCUT2D eigenvalue weighted by Crippen LogP contribution is -2.58. The van der Waals surface area contributed by atoms with Crippen molar-refractivity contribution in [3.63, 3.8) is 0 Å². The molecule has 13 heteroatoms. The first kappa shape index (κ1) is 29.0. The summed E-state index contributed by atoms with van der Waals surface area (Å²) in [5.41, 5.74) is 12.6. The van der Waals surface area contributed by atoms with Crippen molar-refractivity contribution in [3.8, 4) is 0 Å². The third-order valence-corrected chi connectivity index (χ3v) is 5.52. The molecule has 13 nitrogen and oxygen atoms in total. The number of aliphatic carboxylic acids is 1. The number of primary amides is 1. The van der Waals surface area contributed by atoms with Crippen LogP contribution in [-0.4, -0.2) is 68.8 Å². The number of amides is 4. The standard InChI is InChI=1S/C24H33N7O6/c1-13(2)20(24(36)37)31-23(35)18(10-19(26)32)30-22(34)17(9-15-11-27-12-28-15)29-21(33)16(25)8-14-6-4-3-5-7-14/h3-7,11-13,16-18,20H,8-10,25H2,1-2H3,(H2,26,32)(H,27,28)(H,29,33)(H,30,34)(H,31,35)(H,36,37). The largest absolute Gasteiger partial charge is 0.480 e. The zero-order valence-electron chi connectivity index (χ0n) is 20.6. The van der Waals surface area contributed by atoms with Crippen LogP contribution in [0.4, 0.5) is 0 Å². The van der Waals surface area contributed by atoms with Gasteiger partial charge in [0.15, 0.2) is 0 Å². The van der Waals surface area contributed by atoms with Crippen molar-refractivity contribution >= 4 is 29.6 Å². The zero-order chi connectivity index (χ0) is 27.5. The van der Waals surface area contributed by atoms with Gasteiger partial charge in [-0.05, 0) is 17.9 Å². The number of aromatic amines is 1. The van der Waals surface area contributed by atoms with Gasteiger partial charge in [-0.3, -0.25) is 19.2 Å². The molecule has 2 aromatic rings. The number of rotatable bonds is 14. The Morgan fingerprint density at radius 3 is 2.11 bits per heavy atom. The third kappa shape index (κ3) is 9.37. The Morgan fingerprint density at radius 2 is 1.57 bits per heavy atom. The van der Waals surface area contributed by atoms with Crippen molar-refractivity contribution in [3.05, 3.63) is 54.1 Å². The minimum atomic E-state index is -1.47. The molecule has 0 spiro atoms. The average Bonchev–Trinajstić information content (AvgIpc) is 3.34. The molecule has 1 aromatic carbocycles. The number of nitrogens with zero attached hydrogens (tertiary/aromatic N) is 1. The summed E-state index contributed by atoms with van der Waals surface area (Å²) in [6.07, 6.45) is 2.48. The summed E-state index contributed by atoms with van der Waals surface area (Å²) in [5.74, 6) is -4.94. The molecular weight excluding hydrogens is 482 g/mol. The van der Waals surface area contributed by atoms with E-state index in [0.29, 0.717) is 5.69 Å². The van der Waals surface area contributed by atoms with Crippen LogP contribution < -0.4 is 27.4 Å². The van der Waals surface area contributed by atoms with E-state index in [9.17, 15) is 29.1 Å². The smallest absolute Gasteiger partial charge is 0.326 e. The fourth-order valence-corrected chi connectivity index (χ4v) is 3.52. The molecule has 4 unspecified atom stereocenters. The van der Waals surface area contributed by atoms with E-state index in [-0.39, 0.29) is 12.8 Å². The number of aromatic nitrogens is 2. The Kier molecular flexibility index (Phi) is 10.8. The highest BCUT2D eigenvalue weighted by molar-refractivity contribution is 5.96. The molecule has 0 aliphatic rings. The Hall–Kier alpha value is -4.26. The zero-order valence-corrected chi connectivity index (χ0v) is 20.6. The number of carbonyl (C=O) groups is 5. The predicted molar refractivity (Wildman–Crippen MR) is 132 cm³/mol. The molecule has 1 aromatic heterocycles. The second kappa shape index (κ2) is 13.7. The lowest BCUT2D eigenvalue weighted by Gasteiger charge is -2.25. The molecule has 9 N–H and O–H groups in total. The summed E-state index contributed by atoms with van der Waals surface area (Å²) in [4.78, 5) is 68.6. The summed E-state index contributed by atoms with van der Waals surface area (Å²) in [6, 6.07) is 4.20. The van der Waals surface area contributed by atoms with Crippen LogP contribution >= 0.6 is 0 Å². The highest BCUT2D eigenvalue weighted by Crippen LogP contribution is 2.07. The molecule has 0 fully saturated rings. The maximum atomic E-state index is 13.2. The lowest BCUT2D eigenvalue weighted by molar-refractivity contribution is -0.143. The Morgan fingerprint density at radius 1 is 0.946 bits per heavy atom. The maximum absolute atomic E-state index is 13.2. The van der Waals surface area contributed by atoms with Crippen LogP contribution in [0.5, 0.6) is 0 Å². The van der Waals surface area contributed by atoms with Crippen LogP contribution in [0.3, 0.4) is 0 Å². The van der Waals surface area contributed by atoms with Gasteiger partial charge in [0.25, 0.3) is 0 Å². The molecule has 4 atom stereocenters. The summed E-state index contributed by atoms with van der Waals surface area (Å²) in [7, 11) is 0. The molecule has 200 valence electrons. The van der Waals surface area contributed by atoms with Crippen LogP contribution in [0, 0.1) is 5.92 Å². The number of benzene rings is 1. The van der Waals surface area contributed by atoms with Crippen LogP contribution in [0.15, 0.2) is 42.9 Å². The molecule has 37 heavy (non-hydrogen) atoms. The molecular formula is C24H33N7O6. The molecule has 0 radical (unpaired) electrons. The van der Waals surface area contributed by atoms with Crippen LogP contribution in [0.25, 0.3) is 0 Å². The quantitative estimate of drug-likeness (QED) is 0.158. The van der Waals surface area contributed by atoms with Gasteiger partial charge in [0, 0.05) is 18.3 Å². The number of imidazole rings is 1. The normalized spacial score (nSPS) is 14.2. The molecule has 0 saturated carbocycles. The maximum Gasteiger partial charge on any atom is 0.326 e. The Bertz CT molecular complexity index is 1070. The number of nitrogens with two attached hydrogens (primary N) is 2. The van der Waals surface area contributed by atoms with E-state index in [4.69, 9.17) is 11.5 Å². The van der Waals surface area contributed by atoms with Gasteiger partial charge in [-0.2, -0.15) is 0 Å². The first-order chi connectivity index (χ1) is 17.5. The van der Waals surface area contributed by atoms with Crippen molar-refractivity contribution in [2.24, 2.45) is 17.4 Å². The van der Waals surface area contributed by atoms with Crippen molar-refractivity contribution in [2.75, 3.05) is 0 Å². The number of H-pyrrole nitrogens is 1. The summed E-state index contributed by atoms with van der Waals surface area (Å²) in [6.45, 7) is 3.19. The molecule has 1 heterocycles. The SMILES string of the molecule is CC(C)C(NC(=O)C(CC(N)=O)NC(=O)C(Cc1cnc[nH]1)NC(=O)C(N)Cc1ccccc1)C(=O)O. The van der Waals surface area contributed by atoms with Gasteiger partial charge in [-0.25, -0.2) is 9.78 Å². The van der Waals surface area contributed by atoms with Gasteiger partial charge in [-0.15, -0.1) is 0 Å². The van der Waals surface area contributed by atoms with Crippen LogP contribution in [0.2, 0.25) is 0 Å². The minimum Gasteiger partial charge on any atom is -0.480 e. The first-order valence-corrected chi connectivity index (χ1v) is 11.7. The van der Waals surface area contributed by atoms with Crippen molar-refractivity contribution in [1.29, 1.82) is 0 Å². The fraction of sp³-hybridized carbons (Fsp3) is 0.417. The Labute approximate surface area is 213 Å². The van der Waals surface area contributed by atoms with Crippen molar-refractivity contribution in [1.82, 2.24) is 25.9 Å². The number of hydrogen-bond acceptors (Lipinski definition) is 7. The van der Waals surface area contributed by atoms with Crippen molar-refractivity contribution in [2.45, 2.75) is 57.3 Å². The highest BCUT2D eigenvalue weighted by atomic mass is 16.4. The second-order valence-corrected chi connectivity index (χ2v) is 8.94.